The average Bonchev–Trinajstić information content (AvgIpc) is 3.33. The van der Waals surface area contributed by atoms with Gasteiger partial charge in [0.2, 0.25) is 5.91 Å². The van der Waals surface area contributed by atoms with Crippen LogP contribution in [0.2, 0.25) is 0 Å². The van der Waals surface area contributed by atoms with Gasteiger partial charge in [-0.3, -0.25) is 4.79 Å². The highest BCUT2D eigenvalue weighted by Gasteiger charge is 2.18. The maximum atomic E-state index is 12.3. The zero-order chi connectivity index (χ0) is 20.2. The molecule has 7 heteroatoms. The first-order valence-electron chi connectivity index (χ1n) is 9.70. The minimum atomic E-state index is -0.0593. The van der Waals surface area contributed by atoms with E-state index < -0.39 is 0 Å². The molecule has 148 valence electrons. The molecule has 0 spiro atoms. The number of anilines is 1. The molecule has 4 aromatic rings. The van der Waals surface area contributed by atoms with Crippen LogP contribution in [0, 0.1) is 0 Å². The van der Waals surface area contributed by atoms with Crippen molar-refractivity contribution in [3.8, 4) is 11.4 Å². The van der Waals surface area contributed by atoms with Crippen molar-refractivity contribution in [2.24, 2.45) is 0 Å². The molecule has 0 fully saturated rings. The van der Waals surface area contributed by atoms with Gasteiger partial charge in [-0.1, -0.05) is 48.2 Å². The minimum Gasteiger partial charge on any atom is -0.347 e. The summed E-state index contributed by atoms with van der Waals surface area (Å²) in [6.45, 7) is 5.83. The number of nitrogens with zero attached hydrogens (tertiary/aromatic N) is 4. The number of para-hydroxylation sites is 2. The second kappa shape index (κ2) is 8.53. The highest BCUT2D eigenvalue weighted by Crippen LogP contribution is 2.31. The van der Waals surface area contributed by atoms with Crippen molar-refractivity contribution < 1.29 is 4.79 Å². The molecule has 0 atom stereocenters. The van der Waals surface area contributed by atoms with E-state index in [4.69, 9.17) is 0 Å². The van der Waals surface area contributed by atoms with E-state index in [1.807, 2.05) is 36.4 Å². The first-order chi connectivity index (χ1) is 14.2. The van der Waals surface area contributed by atoms with Gasteiger partial charge in [0.05, 0.1) is 5.75 Å². The maximum Gasteiger partial charge on any atom is 0.234 e. The van der Waals surface area contributed by atoms with E-state index in [1.165, 1.54) is 17.3 Å². The lowest BCUT2D eigenvalue weighted by Crippen LogP contribution is -2.14. The van der Waals surface area contributed by atoms with E-state index in [0.717, 1.165) is 40.7 Å². The molecule has 0 radical (unpaired) electrons. The van der Waals surface area contributed by atoms with Gasteiger partial charge in [-0.15, -0.1) is 10.2 Å². The average molecular weight is 406 g/mol. The Morgan fingerprint density at radius 2 is 1.76 bits per heavy atom. The lowest BCUT2D eigenvalue weighted by molar-refractivity contribution is -0.113. The third kappa shape index (κ3) is 3.91. The van der Waals surface area contributed by atoms with Crippen molar-refractivity contribution in [2.45, 2.75) is 32.1 Å². The topological polar surface area (TPSA) is 64.7 Å². The number of rotatable bonds is 7. The Morgan fingerprint density at radius 3 is 2.52 bits per heavy atom. The van der Waals surface area contributed by atoms with Crippen molar-refractivity contribution in [3.05, 3.63) is 60.8 Å². The molecule has 2 aromatic carbocycles. The predicted octanol–water partition coefficient (Wildman–Crippen LogP) is 4.67. The van der Waals surface area contributed by atoms with E-state index >= 15 is 0 Å². The third-order valence-electron chi connectivity index (χ3n) is 4.79. The predicted molar refractivity (Wildman–Crippen MR) is 118 cm³/mol. The largest absolute Gasteiger partial charge is 0.347 e. The molecule has 1 amide bonds. The molecule has 4 rings (SSSR count). The van der Waals surface area contributed by atoms with Crippen molar-refractivity contribution in [1.29, 1.82) is 0 Å². The van der Waals surface area contributed by atoms with Crippen LogP contribution in [-0.4, -0.2) is 31.0 Å². The summed E-state index contributed by atoms with van der Waals surface area (Å²) in [5.74, 6) is 1.06. The van der Waals surface area contributed by atoms with Crippen LogP contribution >= 0.6 is 11.8 Å². The molecule has 0 aliphatic heterocycles. The van der Waals surface area contributed by atoms with Crippen LogP contribution in [0.3, 0.4) is 0 Å². The molecule has 0 aliphatic carbocycles. The Balaban J connectivity index is 1.57. The summed E-state index contributed by atoms with van der Waals surface area (Å²) in [6.07, 6.45) is 2.14. The van der Waals surface area contributed by atoms with Crippen LogP contribution in [0.25, 0.3) is 22.3 Å². The molecule has 6 nitrogen and oxygen atoms in total. The van der Waals surface area contributed by atoms with Gasteiger partial charge in [-0.05, 0) is 32.0 Å². The number of aryl methyl sites for hydroxylation is 1. The molecule has 0 aliphatic rings. The van der Waals surface area contributed by atoms with Gasteiger partial charge in [0.25, 0.3) is 0 Å². The Kier molecular flexibility index (Phi) is 5.67. The summed E-state index contributed by atoms with van der Waals surface area (Å²) < 4.78 is 4.29. The lowest BCUT2D eigenvalue weighted by atomic mass is 10.1. The van der Waals surface area contributed by atoms with Crippen LogP contribution in [0.5, 0.6) is 0 Å². The van der Waals surface area contributed by atoms with Crippen LogP contribution in [0.1, 0.15) is 13.8 Å². The Labute approximate surface area is 173 Å². The number of hydrogen-bond acceptors (Lipinski definition) is 4. The number of thioether (sulfide) groups is 1. The highest BCUT2D eigenvalue weighted by atomic mass is 32.2. The van der Waals surface area contributed by atoms with Gasteiger partial charge in [0.1, 0.15) is 0 Å². The van der Waals surface area contributed by atoms with Crippen LogP contribution in [-0.2, 0) is 17.9 Å². The maximum absolute atomic E-state index is 12.3. The fourth-order valence-corrected chi connectivity index (χ4v) is 4.22. The molecule has 0 bridgehead atoms. The molecule has 0 saturated carbocycles. The SMILES string of the molecule is CCn1c(SCC(=O)Nc2ccccc2)nnc1-c1cn(CC)c2ccccc12. The van der Waals surface area contributed by atoms with E-state index in [2.05, 4.69) is 62.9 Å². The quantitative estimate of drug-likeness (QED) is 0.454. The number of carbonyl (C=O) groups excluding carboxylic acids is 1. The fourth-order valence-electron chi connectivity index (χ4n) is 3.42. The monoisotopic (exact) mass is 405 g/mol. The Bertz CT molecular complexity index is 1130. The van der Waals surface area contributed by atoms with Gasteiger partial charge in [-0.25, -0.2) is 0 Å². The van der Waals surface area contributed by atoms with Crippen molar-refractivity contribution in [3.63, 3.8) is 0 Å². The molecule has 0 unspecified atom stereocenters. The standard InChI is InChI=1S/C22H23N5OS/c1-3-26-14-18(17-12-8-9-13-19(17)26)21-24-25-22(27(21)4-2)29-15-20(28)23-16-10-6-5-7-11-16/h5-14H,3-4,15H2,1-2H3,(H,23,28). The molecule has 2 heterocycles. The van der Waals surface area contributed by atoms with Gasteiger partial charge < -0.3 is 14.5 Å². The summed E-state index contributed by atoms with van der Waals surface area (Å²) in [4.78, 5) is 12.3. The molecule has 29 heavy (non-hydrogen) atoms. The fraction of sp³-hybridized carbons (Fsp3) is 0.227. The number of fused-ring (bicyclic) bond motifs is 1. The second-order valence-corrected chi connectivity index (χ2v) is 7.54. The zero-order valence-corrected chi connectivity index (χ0v) is 17.3. The first-order valence-corrected chi connectivity index (χ1v) is 10.7. The molecule has 0 saturated heterocycles. The normalized spacial score (nSPS) is 11.1. The number of carbonyl (C=O) groups is 1. The van der Waals surface area contributed by atoms with Gasteiger partial charge in [0, 0.05) is 41.4 Å². The lowest BCUT2D eigenvalue weighted by Gasteiger charge is -2.07. The summed E-state index contributed by atoms with van der Waals surface area (Å²) in [7, 11) is 0. The van der Waals surface area contributed by atoms with Crippen molar-refractivity contribution in [1.82, 2.24) is 19.3 Å². The molecular formula is C22H23N5OS. The van der Waals surface area contributed by atoms with E-state index in [-0.39, 0.29) is 11.7 Å². The zero-order valence-electron chi connectivity index (χ0n) is 16.5. The number of aromatic nitrogens is 4. The summed E-state index contributed by atoms with van der Waals surface area (Å²) in [5, 5.41) is 13.6. The van der Waals surface area contributed by atoms with Crippen LogP contribution in [0.4, 0.5) is 5.69 Å². The van der Waals surface area contributed by atoms with E-state index in [0.29, 0.717) is 0 Å². The molecular weight excluding hydrogens is 382 g/mol. The van der Waals surface area contributed by atoms with Gasteiger partial charge in [0.15, 0.2) is 11.0 Å². The second-order valence-electron chi connectivity index (χ2n) is 6.60. The summed E-state index contributed by atoms with van der Waals surface area (Å²) in [6, 6.07) is 17.8. The summed E-state index contributed by atoms with van der Waals surface area (Å²) >= 11 is 1.40. The van der Waals surface area contributed by atoms with E-state index in [1.54, 1.807) is 0 Å². The third-order valence-corrected chi connectivity index (χ3v) is 5.76. The first kappa shape index (κ1) is 19.3. The van der Waals surface area contributed by atoms with Crippen molar-refractivity contribution in [2.75, 3.05) is 11.1 Å². The van der Waals surface area contributed by atoms with Gasteiger partial charge in [-0.2, -0.15) is 0 Å². The number of amides is 1. The smallest absolute Gasteiger partial charge is 0.234 e. The van der Waals surface area contributed by atoms with Gasteiger partial charge >= 0.3 is 0 Å². The minimum absolute atomic E-state index is 0.0593. The van der Waals surface area contributed by atoms with Crippen LogP contribution < -0.4 is 5.32 Å². The molecule has 1 N–H and O–H groups in total. The Morgan fingerprint density at radius 1 is 1.00 bits per heavy atom. The Hall–Kier alpha value is -3.06. The molecule has 2 aromatic heterocycles. The van der Waals surface area contributed by atoms with E-state index in [9.17, 15) is 4.79 Å². The number of nitrogens with one attached hydrogen (secondary N) is 1. The van der Waals surface area contributed by atoms with Crippen LogP contribution in [0.15, 0.2) is 66.0 Å². The highest BCUT2D eigenvalue weighted by molar-refractivity contribution is 7.99. The number of benzene rings is 2. The van der Waals surface area contributed by atoms with Crippen molar-refractivity contribution >= 4 is 34.3 Å². The summed E-state index contributed by atoms with van der Waals surface area (Å²) in [5.41, 5.74) is 3.05. The number of hydrogen-bond donors (Lipinski definition) is 1.